The average Bonchev–Trinajstić information content (AvgIpc) is 2.96. The van der Waals surface area contributed by atoms with Crippen molar-refractivity contribution in [1.29, 1.82) is 0 Å². The van der Waals surface area contributed by atoms with Crippen LogP contribution in [0.2, 0.25) is 0 Å². The number of amides is 1. The molecule has 0 aliphatic heterocycles. The Morgan fingerprint density at radius 3 is 2.68 bits per heavy atom. The van der Waals surface area contributed by atoms with Crippen LogP contribution in [0.15, 0.2) is 29.4 Å². The molecule has 1 aromatic carbocycles. The van der Waals surface area contributed by atoms with Crippen LogP contribution in [0.25, 0.3) is 0 Å². The Balaban J connectivity index is 2.02. The van der Waals surface area contributed by atoms with Crippen LogP contribution >= 0.6 is 0 Å². The van der Waals surface area contributed by atoms with Crippen LogP contribution in [0.1, 0.15) is 30.8 Å². The lowest BCUT2D eigenvalue weighted by molar-refractivity contribution is -0.120. The van der Waals surface area contributed by atoms with Gasteiger partial charge in [-0.05, 0) is 37.1 Å². The van der Waals surface area contributed by atoms with Crippen LogP contribution < -0.4 is 10.0 Å². The van der Waals surface area contributed by atoms with Gasteiger partial charge in [0.25, 0.3) is 0 Å². The average molecular weight is 369 g/mol. The molecular weight excluding hydrogens is 349 g/mol. The van der Waals surface area contributed by atoms with Gasteiger partial charge in [0.15, 0.2) is 0 Å². The minimum atomic E-state index is -3.92. The molecule has 1 amide bonds. The Bertz CT molecular complexity index is 866. The number of benzene rings is 1. The highest BCUT2D eigenvalue weighted by Crippen LogP contribution is 2.16. The van der Waals surface area contributed by atoms with E-state index in [1.165, 1.54) is 19.3 Å². The Morgan fingerprint density at radius 1 is 1.40 bits per heavy atom. The monoisotopic (exact) mass is 369 g/mol. The molecule has 0 bridgehead atoms. The second-order valence-electron chi connectivity index (χ2n) is 5.50. The first kappa shape index (κ1) is 19.0. The Labute approximate surface area is 145 Å². The van der Waals surface area contributed by atoms with Gasteiger partial charge in [0, 0.05) is 7.05 Å². The van der Waals surface area contributed by atoms with Crippen molar-refractivity contribution >= 4 is 15.9 Å². The zero-order chi connectivity index (χ0) is 18.6. The van der Waals surface area contributed by atoms with Crippen LogP contribution in [-0.2, 0) is 21.9 Å². The van der Waals surface area contributed by atoms with Gasteiger partial charge in [0.2, 0.25) is 15.9 Å². The number of aryl methyl sites for hydroxylation is 2. The van der Waals surface area contributed by atoms with Gasteiger partial charge in [-0.25, -0.2) is 22.5 Å². The van der Waals surface area contributed by atoms with Crippen LogP contribution in [-0.4, -0.2) is 35.6 Å². The molecule has 2 N–H and O–H groups in total. The fraction of sp³-hybridized carbons (Fsp3) is 0.400. The van der Waals surface area contributed by atoms with E-state index >= 15 is 0 Å². The van der Waals surface area contributed by atoms with Crippen LogP contribution in [0, 0.1) is 12.7 Å². The van der Waals surface area contributed by atoms with Crippen molar-refractivity contribution in [2.45, 2.75) is 31.2 Å². The van der Waals surface area contributed by atoms with Gasteiger partial charge in [-0.15, -0.1) is 0 Å². The molecule has 0 fully saturated rings. The smallest absolute Gasteiger partial charge is 0.241 e. The maximum atomic E-state index is 13.1. The highest BCUT2D eigenvalue weighted by molar-refractivity contribution is 7.89. The number of hydrogen-bond acceptors (Lipinski definition) is 5. The first-order valence-electron chi connectivity index (χ1n) is 7.63. The van der Waals surface area contributed by atoms with E-state index in [9.17, 15) is 17.6 Å². The van der Waals surface area contributed by atoms with E-state index in [0.29, 0.717) is 12.2 Å². The number of halogens is 1. The molecule has 0 radical (unpaired) electrons. The highest BCUT2D eigenvalue weighted by Gasteiger charge is 2.21. The summed E-state index contributed by atoms with van der Waals surface area (Å²) in [7, 11) is -2.21. The zero-order valence-electron chi connectivity index (χ0n) is 14.2. The van der Waals surface area contributed by atoms with Gasteiger partial charge in [0.05, 0.1) is 17.5 Å². The van der Waals surface area contributed by atoms with E-state index in [1.54, 1.807) is 11.7 Å². The van der Waals surface area contributed by atoms with E-state index in [2.05, 4.69) is 20.1 Å². The summed E-state index contributed by atoms with van der Waals surface area (Å²) in [6.45, 7) is 2.91. The predicted octanol–water partition coefficient (Wildman–Crippen LogP) is 0.808. The molecule has 0 aliphatic rings. The quantitative estimate of drug-likeness (QED) is 0.751. The van der Waals surface area contributed by atoms with E-state index in [0.717, 1.165) is 12.1 Å². The third kappa shape index (κ3) is 4.60. The molecule has 10 heteroatoms. The molecule has 8 nitrogen and oxygen atoms in total. The number of nitrogens with zero attached hydrogens (tertiary/aromatic N) is 3. The van der Waals surface area contributed by atoms with Crippen molar-refractivity contribution in [1.82, 2.24) is 24.8 Å². The third-order valence-corrected chi connectivity index (χ3v) is 5.21. The number of sulfonamides is 1. The molecule has 0 aliphatic carbocycles. The third-order valence-electron chi connectivity index (χ3n) is 3.65. The first-order valence-corrected chi connectivity index (χ1v) is 9.12. The number of carbonyl (C=O) groups is 1. The highest BCUT2D eigenvalue weighted by atomic mass is 32.2. The summed E-state index contributed by atoms with van der Waals surface area (Å²) in [5, 5.41) is 6.66. The van der Waals surface area contributed by atoms with E-state index in [4.69, 9.17) is 0 Å². The summed E-state index contributed by atoms with van der Waals surface area (Å²) >= 11 is 0. The summed E-state index contributed by atoms with van der Waals surface area (Å²) in [6.07, 6.45) is 1.95. The first-order chi connectivity index (χ1) is 11.7. The molecule has 0 spiro atoms. The number of hydrogen-bond donors (Lipinski definition) is 2. The molecule has 2 aromatic rings. The minimum absolute atomic E-state index is 0.0676. The zero-order valence-corrected chi connectivity index (χ0v) is 15.0. The van der Waals surface area contributed by atoms with Crippen LogP contribution in [0.5, 0.6) is 0 Å². The molecule has 25 heavy (non-hydrogen) atoms. The maximum absolute atomic E-state index is 13.1. The Morgan fingerprint density at radius 2 is 2.12 bits per heavy atom. The summed E-state index contributed by atoms with van der Waals surface area (Å²) in [5.41, 5.74) is 0.262. The van der Waals surface area contributed by atoms with E-state index < -0.39 is 28.3 Å². The molecular formula is C15H20FN5O3S. The minimum Gasteiger partial charge on any atom is -0.345 e. The van der Waals surface area contributed by atoms with Crippen molar-refractivity contribution in [2.75, 3.05) is 6.54 Å². The molecule has 1 heterocycles. The molecule has 0 saturated heterocycles. The lowest BCUT2D eigenvalue weighted by Gasteiger charge is -2.16. The summed E-state index contributed by atoms with van der Waals surface area (Å²) in [4.78, 5) is 16.1. The normalized spacial score (nSPS) is 12.8. The molecule has 1 atom stereocenters. The fourth-order valence-corrected chi connectivity index (χ4v) is 3.57. The number of aromatic nitrogens is 3. The SMILES string of the molecule is CC[C@@H](NC(=O)CNS(=O)(=O)c1ccc(F)cc1C)c1ncnn1C. The molecule has 136 valence electrons. The van der Waals surface area contributed by atoms with Crippen molar-refractivity contribution in [2.24, 2.45) is 7.05 Å². The fourth-order valence-electron chi connectivity index (χ4n) is 2.37. The maximum Gasteiger partial charge on any atom is 0.241 e. The predicted molar refractivity (Wildman–Crippen MR) is 88.5 cm³/mol. The molecule has 1 aromatic heterocycles. The van der Waals surface area contributed by atoms with Crippen molar-refractivity contribution in [3.8, 4) is 0 Å². The van der Waals surface area contributed by atoms with Gasteiger partial charge in [-0.2, -0.15) is 5.10 Å². The summed E-state index contributed by atoms with van der Waals surface area (Å²) in [6, 6.07) is 2.97. The number of nitrogens with one attached hydrogen (secondary N) is 2. The summed E-state index contributed by atoms with van der Waals surface area (Å²) < 4.78 is 41.4. The molecule has 0 unspecified atom stereocenters. The van der Waals surface area contributed by atoms with Crippen molar-refractivity contribution in [3.05, 3.63) is 41.7 Å². The van der Waals surface area contributed by atoms with Gasteiger partial charge in [0.1, 0.15) is 18.0 Å². The van der Waals surface area contributed by atoms with Gasteiger partial charge >= 0.3 is 0 Å². The lowest BCUT2D eigenvalue weighted by atomic mass is 10.2. The van der Waals surface area contributed by atoms with Crippen LogP contribution in [0.4, 0.5) is 4.39 Å². The van der Waals surface area contributed by atoms with Gasteiger partial charge in [-0.3, -0.25) is 9.48 Å². The van der Waals surface area contributed by atoms with E-state index in [1.807, 2.05) is 6.92 Å². The second kappa shape index (κ2) is 7.70. The standard InChI is InChI=1S/C15H20FN5O3S/c1-4-12(15-17-9-18-21(15)3)20-14(22)8-19-25(23,24)13-6-5-11(16)7-10(13)2/h5-7,9,12,19H,4,8H2,1-3H3,(H,20,22)/t12-/m1/s1. The van der Waals surface area contributed by atoms with Crippen LogP contribution in [0.3, 0.4) is 0 Å². The van der Waals surface area contributed by atoms with Crippen molar-refractivity contribution in [3.63, 3.8) is 0 Å². The molecule has 0 saturated carbocycles. The van der Waals surface area contributed by atoms with Gasteiger partial charge < -0.3 is 5.32 Å². The molecule has 2 rings (SSSR count). The largest absolute Gasteiger partial charge is 0.345 e. The number of rotatable bonds is 7. The Kier molecular flexibility index (Phi) is 5.85. The lowest BCUT2D eigenvalue weighted by Crippen LogP contribution is -2.39. The Hall–Kier alpha value is -2.33. The van der Waals surface area contributed by atoms with E-state index in [-0.39, 0.29) is 16.5 Å². The topological polar surface area (TPSA) is 106 Å². The van der Waals surface area contributed by atoms with Gasteiger partial charge in [-0.1, -0.05) is 6.92 Å². The van der Waals surface area contributed by atoms with Crippen molar-refractivity contribution < 1.29 is 17.6 Å². The second-order valence-corrected chi connectivity index (χ2v) is 7.24. The summed E-state index contributed by atoms with van der Waals surface area (Å²) in [5.74, 6) is -0.449. The number of carbonyl (C=O) groups excluding carboxylic acids is 1.